The second-order valence-corrected chi connectivity index (χ2v) is 10.3. The third-order valence-corrected chi connectivity index (χ3v) is 7.43. The van der Waals surface area contributed by atoms with Gasteiger partial charge in [0.1, 0.15) is 11.6 Å². The van der Waals surface area contributed by atoms with E-state index >= 15 is 0 Å². The second-order valence-electron chi connectivity index (χ2n) is 9.36. The quantitative estimate of drug-likeness (QED) is 0.243. The number of rotatable bonds is 6. The molecule has 0 N–H and O–H groups in total. The highest BCUT2D eigenvalue weighted by Gasteiger charge is 2.22. The molecule has 4 aromatic rings. The van der Waals surface area contributed by atoms with Gasteiger partial charge in [0, 0.05) is 16.0 Å². The molecule has 5 rings (SSSR count). The summed E-state index contributed by atoms with van der Waals surface area (Å²) >= 11 is 3.50. The Morgan fingerprint density at radius 3 is 2.71 bits per heavy atom. The zero-order valence-corrected chi connectivity index (χ0v) is 21.8. The van der Waals surface area contributed by atoms with Crippen LogP contribution >= 0.6 is 15.9 Å². The van der Waals surface area contributed by atoms with Crippen LogP contribution in [0.1, 0.15) is 69.7 Å². The van der Waals surface area contributed by atoms with E-state index in [4.69, 9.17) is 14.8 Å². The summed E-state index contributed by atoms with van der Waals surface area (Å²) in [5, 5.41) is 7.50. The first-order chi connectivity index (χ1) is 17.0. The molecule has 0 spiro atoms. The first-order valence-corrected chi connectivity index (χ1v) is 13.3. The molecule has 180 valence electrons. The van der Waals surface area contributed by atoms with E-state index in [1.165, 1.54) is 11.1 Å². The van der Waals surface area contributed by atoms with E-state index in [0.717, 1.165) is 70.0 Å². The largest absolute Gasteiger partial charge is 0.490 e. The number of aromatic nitrogens is 2. The van der Waals surface area contributed by atoms with E-state index in [9.17, 15) is 4.79 Å². The molecule has 0 bridgehead atoms. The van der Waals surface area contributed by atoms with E-state index < -0.39 is 0 Å². The Bertz CT molecular complexity index is 1450. The molecule has 1 aliphatic rings. The van der Waals surface area contributed by atoms with Crippen LogP contribution in [0.2, 0.25) is 0 Å². The Kier molecular flexibility index (Phi) is 7.00. The SMILES string of the molecule is CC[C@@H](C)Oc1ccc2ccccc2c1C=Nn1c(C2CCCCC2)nc2ccc(Br)cc2c1=O. The third-order valence-electron chi connectivity index (χ3n) is 6.94. The van der Waals surface area contributed by atoms with Crippen molar-refractivity contribution in [2.24, 2.45) is 5.10 Å². The van der Waals surface area contributed by atoms with E-state index in [1.54, 1.807) is 6.21 Å². The van der Waals surface area contributed by atoms with Crippen LogP contribution in [0.25, 0.3) is 21.7 Å². The molecule has 1 heterocycles. The molecule has 0 saturated heterocycles. The predicted octanol–water partition coefficient (Wildman–Crippen LogP) is 7.42. The highest BCUT2D eigenvalue weighted by molar-refractivity contribution is 9.10. The van der Waals surface area contributed by atoms with E-state index in [2.05, 4.69) is 48.0 Å². The van der Waals surface area contributed by atoms with Crippen LogP contribution in [0.4, 0.5) is 0 Å². The van der Waals surface area contributed by atoms with Crippen molar-refractivity contribution in [3.05, 3.63) is 80.8 Å². The number of hydrogen-bond acceptors (Lipinski definition) is 4. The molecular formula is C29H30BrN3O2. The van der Waals surface area contributed by atoms with Crippen LogP contribution < -0.4 is 10.3 Å². The summed E-state index contributed by atoms with van der Waals surface area (Å²) in [7, 11) is 0. The summed E-state index contributed by atoms with van der Waals surface area (Å²) in [6.45, 7) is 4.17. The number of ether oxygens (including phenoxy) is 1. The second kappa shape index (κ2) is 10.3. The van der Waals surface area contributed by atoms with Gasteiger partial charge in [0.25, 0.3) is 5.56 Å². The molecule has 1 fully saturated rings. The molecule has 1 atom stereocenters. The van der Waals surface area contributed by atoms with Gasteiger partial charge < -0.3 is 4.74 Å². The molecule has 5 nitrogen and oxygen atoms in total. The predicted molar refractivity (Wildman–Crippen MR) is 147 cm³/mol. The number of fused-ring (bicyclic) bond motifs is 2. The molecular weight excluding hydrogens is 502 g/mol. The number of nitrogens with zero attached hydrogens (tertiary/aromatic N) is 3. The Hall–Kier alpha value is -2.99. The minimum absolute atomic E-state index is 0.0727. The van der Waals surface area contributed by atoms with Crippen molar-refractivity contribution in [2.75, 3.05) is 0 Å². The fraction of sp³-hybridized carbons (Fsp3) is 0.345. The van der Waals surface area contributed by atoms with Crippen LogP contribution in [0, 0.1) is 0 Å². The zero-order chi connectivity index (χ0) is 24.4. The standard InChI is InChI=1S/C29H30BrN3O2/c1-3-19(2)35-27-16-13-20-9-7-8-12-23(20)25(27)18-31-33-28(21-10-5-4-6-11-21)32-26-15-14-22(30)17-24(26)29(33)34/h7-9,12-19,21H,3-6,10-11H2,1-2H3/t19-/m1/s1. The van der Waals surface area contributed by atoms with Gasteiger partial charge in [-0.05, 0) is 61.2 Å². The highest BCUT2D eigenvalue weighted by Crippen LogP contribution is 2.32. The van der Waals surface area contributed by atoms with Crippen LogP contribution in [0.3, 0.4) is 0 Å². The monoisotopic (exact) mass is 531 g/mol. The van der Waals surface area contributed by atoms with Gasteiger partial charge in [0.2, 0.25) is 0 Å². The van der Waals surface area contributed by atoms with Crippen LogP contribution in [0.15, 0.2) is 69.0 Å². The van der Waals surface area contributed by atoms with Crippen LogP contribution in [-0.4, -0.2) is 22.0 Å². The van der Waals surface area contributed by atoms with Gasteiger partial charge in [-0.15, -0.1) is 0 Å². The van der Waals surface area contributed by atoms with E-state index in [0.29, 0.717) is 5.39 Å². The Balaban J connectivity index is 1.69. The van der Waals surface area contributed by atoms with Gasteiger partial charge in [-0.1, -0.05) is 72.4 Å². The number of benzene rings is 3. The Labute approximate surface area is 214 Å². The number of hydrogen-bond donors (Lipinski definition) is 0. The lowest BCUT2D eigenvalue weighted by Crippen LogP contribution is -2.25. The molecule has 1 saturated carbocycles. The first kappa shape index (κ1) is 23.7. The summed E-state index contributed by atoms with van der Waals surface area (Å²) in [6.07, 6.45) is 8.34. The third kappa shape index (κ3) is 4.90. The van der Waals surface area contributed by atoms with Crippen molar-refractivity contribution in [3.8, 4) is 5.75 Å². The van der Waals surface area contributed by atoms with Crippen molar-refractivity contribution in [3.63, 3.8) is 0 Å². The van der Waals surface area contributed by atoms with Gasteiger partial charge in [-0.3, -0.25) is 4.79 Å². The lowest BCUT2D eigenvalue weighted by Gasteiger charge is -2.23. The first-order valence-electron chi connectivity index (χ1n) is 12.5. The number of halogens is 1. The van der Waals surface area contributed by atoms with E-state index in [1.807, 2.05) is 36.4 Å². The summed E-state index contributed by atoms with van der Waals surface area (Å²) < 4.78 is 8.63. The van der Waals surface area contributed by atoms with Gasteiger partial charge in [0.05, 0.1) is 23.2 Å². The average molecular weight is 532 g/mol. The molecule has 1 aromatic heterocycles. The summed E-state index contributed by atoms with van der Waals surface area (Å²) in [4.78, 5) is 18.7. The fourth-order valence-electron chi connectivity index (χ4n) is 4.83. The fourth-order valence-corrected chi connectivity index (χ4v) is 5.19. The van der Waals surface area contributed by atoms with Crippen molar-refractivity contribution in [1.29, 1.82) is 0 Å². The smallest absolute Gasteiger partial charge is 0.282 e. The minimum Gasteiger partial charge on any atom is -0.490 e. The van der Waals surface area contributed by atoms with Gasteiger partial charge >= 0.3 is 0 Å². The van der Waals surface area contributed by atoms with Gasteiger partial charge in [-0.25, -0.2) is 4.98 Å². The molecule has 35 heavy (non-hydrogen) atoms. The maximum Gasteiger partial charge on any atom is 0.282 e. The topological polar surface area (TPSA) is 56.5 Å². The van der Waals surface area contributed by atoms with Gasteiger partial charge in [0.15, 0.2) is 0 Å². The minimum atomic E-state index is -0.141. The molecule has 0 unspecified atom stereocenters. The Morgan fingerprint density at radius 2 is 1.91 bits per heavy atom. The van der Waals surface area contributed by atoms with Crippen molar-refractivity contribution in [2.45, 2.75) is 64.4 Å². The normalized spacial score (nSPS) is 15.7. The van der Waals surface area contributed by atoms with Crippen LogP contribution in [0.5, 0.6) is 5.75 Å². The zero-order valence-electron chi connectivity index (χ0n) is 20.2. The van der Waals surface area contributed by atoms with Crippen LogP contribution in [-0.2, 0) is 0 Å². The summed E-state index contributed by atoms with van der Waals surface area (Å²) in [5.74, 6) is 1.75. The molecule has 0 aliphatic heterocycles. The highest BCUT2D eigenvalue weighted by atomic mass is 79.9. The van der Waals surface area contributed by atoms with Crippen molar-refractivity contribution in [1.82, 2.24) is 9.66 Å². The molecule has 6 heteroatoms. The maximum absolute atomic E-state index is 13.7. The Morgan fingerprint density at radius 1 is 1.11 bits per heavy atom. The van der Waals surface area contributed by atoms with Gasteiger partial charge in [-0.2, -0.15) is 9.78 Å². The van der Waals surface area contributed by atoms with E-state index in [-0.39, 0.29) is 17.6 Å². The molecule has 3 aromatic carbocycles. The van der Waals surface area contributed by atoms with Crippen molar-refractivity contribution >= 4 is 43.8 Å². The lowest BCUT2D eigenvalue weighted by molar-refractivity contribution is 0.217. The molecule has 0 amide bonds. The van der Waals surface area contributed by atoms with Crippen molar-refractivity contribution < 1.29 is 4.74 Å². The summed E-state index contributed by atoms with van der Waals surface area (Å²) in [5.41, 5.74) is 1.45. The average Bonchev–Trinajstić information content (AvgIpc) is 2.89. The molecule has 1 aliphatic carbocycles. The lowest BCUT2D eigenvalue weighted by atomic mass is 9.88. The summed E-state index contributed by atoms with van der Waals surface area (Å²) in [6, 6.07) is 17.9. The maximum atomic E-state index is 13.7. The molecule has 0 radical (unpaired) electrons.